The third kappa shape index (κ3) is 4.24. The molecular weight excluding hydrogens is 344 g/mol. The van der Waals surface area contributed by atoms with Gasteiger partial charge in [0.25, 0.3) is 0 Å². The summed E-state index contributed by atoms with van der Waals surface area (Å²) in [6.07, 6.45) is 0.0270. The fraction of sp³-hybridized carbons (Fsp3) is 0.316. The maximum Gasteiger partial charge on any atom is 0.340 e. The van der Waals surface area contributed by atoms with Gasteiger partial charge in [-0.2, -0.15) is 0 Å². The van der Waals surface area contributed by atoms with E-state index in [1.54, 1.807) is 12.1 Å². The van der Waals surface area contributed by atoms with Crippen LogP contribution in [0.15, 0.2) is 42.5 Å². The van der Waals surface area contributed by atoms with Gasteiger partial charge in [-0.25, -0.2) is 4.79 Å². The summed E-state index contributed by atoms with van der Waals surface area (Å²) in [5, 5.41) is 0.441. The van der Waals surface area contributed by atoms with Crippen molar-refractivity contribution in [1.82, 2.24) is 0 Å². The van der Waals surface area contributed by atoms with E-state index in [0.717, 1.165) is 17.5 Å². The quantitative estimate of drug-likeness (QED) is 0.754. The highest BCUT2D eigenvalue weighted by Crippen LogP contribution is 2.38. The van der Waals surface area contributed by atoms with Gasteiger partial charge in [0, 0.05) is 13.5 Å². The third-order valence-electron chi connectivity index (χ3n) is 3.80. The van der Waals surface area contributed by atoms with Gasteiger partial charge >= 0.3 is 5.97 Å². The minimum Gasteiger partial charge on any atom is -0.489 e. The Morgan fingerprint density at radius 3 is 2.72 bits per heavy atom. The summed E-state index contributed by atoms with van der Waals surface area (Å²) in [5.74, 6) is 0.646. The first-order chi connectivity index (χ1) is 12.2. The molecule has 0 radical (unpaired) electrons. The van der Waals surface area contributed by atoms with Crippen molar-refractivity contribution >= 4 is 17.6 Å². The Hall–Kier alpha value is -2.24. The number of carbonyl (C=O) groups excluding carboxylic acids is 1. The van der Waals surface area contributed by atoms with Crippen molar-refractivity contribution in [1.29, 1.82) is 0 Å². The highest BCUT2D eigenvalue weighted by molar-refractivity contribution is 6.32. The maximum absolute atomic E-state index is 12.3. The van der Waals surface area contributed by atoms with E-state index in [-0.39, 0.29) is 6.61 Å². The van der Waals surface area contributed by atoms with Crippen LogP contribution in [-0.4, -0.2) is 26.3 Å². The van der Waals surface area contributed by atoms with Crippen molar-refractivity contribution in [3.63, 3.8) is 0 Å². The number of fused-ring (bicyclic) bond motifs is 1. The number of carbonyl (C=O) groups is 1. The van der Waals surface area contributed by atoms with Crippen LogP contribution >= 0.6 is 11.6 Å². The van der Waals surface area contributed by atoms with Gasteiger partial charge in [0.1, 0.15) is 6.61 Å². The first kappa shape index (κ1) is 17.6. The molecule has 2 aromatic carbocycles. The third-order valence-corrected chi connectivity index (χ3v) is 4.08. The molecule has 25 heavy (non-hydrogen) atoms. The Morgan fingerprint density at radius 2 is 1.96 bits per heavy atom. The van der Waals surface area contributed by atoms with E-state index in [9.17, 15) is 4.79 Å². The normalized spacial score (nSPS) is 14.5. The molecule has 1 aliphatic heterocycles. The molecule has 1 aliphatic rings. The second-order valence-electron chi connectivity index (χ2n) is 5.59. The molecule has 0 saturated carbocycles. The predicted octanol–water partition coefficient (Wildman–Crippen LogP) is 3.93. The van der Waals surface area contributed by atoms with E-state index >= 15 is 0 Å². The monoisotopic (exact) mass is 362 g/mol. The highest BCUT2D eigenvalue weighted by Gasteiger charge is 2.22. The van der Waals surface area contributed by atoms with Gasteiger partial charge in [-0.1, -0.05) is 41.9 Å². The molecule has 0 aliphatic carbocycles. The van der Waals surface area contributed by atoms with Crippen LogP contribution in [0.5, 0.6) is 11.5 Å². The number of rotatable bonds is 5. The van der Waals surface area contributed by atoms with Crippen molar-refractivity contribution in [3.8, 4) is 11.5 Å². The molecule has 0 bridgehead atoms. The molecule has 0 spiro atoms. The molecule has 0 fully saturated rings. The fourth-order valence-corrected chi connectivity index (χ4v) is 2.88. The number of hydrogen-bond donors (Lipinski definition) is 0. The van der Waals surface area contributed by atoms with Gasteiger partial charge in [-0.05, 0) is 23.3 Å². The van der Waals surface area contributed by atoms with Crippen LogP contribution in [-0.2, 0) is 20.9 Å². The fourth-order valence-electron chi connectivity index (χ4n) is 2.59. The van der Waals surface area contributed by atoms with Gasteiger partial charge in [0.15, 0.2) is 17.6 Å². The van der Waals surface area contributed by atoms with E-state index in [1.807, 2.05) is 30.3 Å². The average Bonchev–Trinajstić information content (AvgIpc) is 2.87. The lowest BCUT2D eigenvalue weighted by Gasteiger charge is -2.16. The maximum atomic E-state index is 12.3. The summed E-state index contributed by atoms with van der Waals surface area (Å²) in [6, 6.07) is 12.7. The average molecular weight is 363 g/mol. The summed E-state index contributed by atoms with van der Waals surface area (Å²) in [6.45, 7) is 1.20. The molecule has 1 heterocycles. The van der Waals surface area contributed by atoms with Crippen LogP contribution in [0.1, 0.15) is 23.7 Å². The Morgan fingerprint density at radius 1 is 1.20 bits per heavy atom. The molecule has 132 valence electrons. The molecule has 0 aromatic heterocycles. The molecule has 3 rings (SSSR count). The number of hydrogen-bond acceptors (Lipinski definition) is 5. The zero-order chi connectivity index (χ0) is 17.6. The molecule has 0 N–H and O–H groups in total. The number of halogens is 1. The van der Waals surface area contributed by atoms with E-state index in [4.69, 9.17) is 30.5 Å². The predicted molar refractivity (Wildman–Crippen MR) is 93.0 cm³/mol. The molecule has 6 heteroatoms. The Labute approximate surface area is 151 Å². The van der Waals surface area contributed by atoms with Crippen LogP contribution in [0, 0.1) is 0 Å². The molecule has 1 unspecified atom stereocenters. The summed E-state index contributed by atoms with van der Waals surface area (Å²) >= 11 is 6.25. The number of methoxy groups -OCH3 is 1. The van der Waals surface area contributed by atoms with Crippen LogP contribution in [0.4, 0.5) is 0 Å². The van der Waals surface area contributed by atoms with Crippen LogP contribution in [0.3, 0.4) is 0 Å². The zero-order valence-electron chi connectivity index (χ0n) is 13.9. The second kappa shape index (κ2) is 8.23. The first-order valence-electron chi connectivity index (χ1n) is 8.01. The Kier molecular flexibility index (Phi) is 5.79. The van der Waals surface area contributed by atoms with E-state index in [0.29, 0.717) is 29.7 Å². The molecule has 2 aromatic rings. The Bertz CT molecular complexity index is 732. The first-order valence-corrected chi connectivity index (χ1v) is 8.39. The number of ether oxygens (including phenoxy) is 4. The topological polar surface area (TPSA) is 54.0 Å². The minimum absolute atomic E-state index is 0.0713. The highest BCUT2D eigenvalue weighted by atomic mass is 35.5. The molecule has 0 amide bonds. The van der Waals surface area contributed by atoms with Gasteiger partial charge in [0.05, 0.1) is 18.2 Å². The van der Waals surface area contributed by atoms with Gasteiger partial charge in [-0.3, -0.25) is 0 Å². The van der Waals surface area contributed by atoms with Crippen molar-refractivity contribution in [3.05, 3.63) is 58.6 Å². The lowest BCUT2D eigenvalue weighted by Crippen LogP contribution is -2.17. The van der Waals surface area contributed by atoms with Crippen molar-refractivity contribution in [2.75, 3.05) is 20.3 Å². The van der Waals surface area contributed by atoms with Gasteiger partial charge in [-0.15, -0.1) is 0 Å². The van der Waals surface area contributed by atoms with E-state index < -0.39 is 12.1 Å². The molecule has 5 nitrogen and oxygen atoms in total. The summed E-state index contributed by atoms with van der Waals surface area (Å²) < 4.78 is 21.9. The lowest BCUT2D eigenvalue weighted by molar-refractivity contribution is -0.157. The van der Waals surface area contributed by atoms with Crippen molar-refractivity contribution < 1.29 is 23.7 Å². The van der Waals surface area contributed by atoms with Crippen LogP contribution < -0.4 is 9.47 Å². The second-order valence-corrected chi connectivity index (χ2v) is 6.00. The van der Waals surface area contributed by atoms with Gasteiger partial charge < -0.3 is 18.9 Å². The number of esters is 1. The number of benzene rings is 2. The Balaban J connectivity index is 1.69. The molecule has 1 atom stereocenters. The van der Waals surface area contributed by atoms with E-state index in [1.165, 1.54) is 7.11 Å². The smallest absolute Gasteiger partial charge is 0.340 e. The summed E-state index contributed by atoms with van der Waals surface area (Å²) in [7, 11) is 1.48. The minimum atomic E-state index is -0.767. The molecular formula is C19H19ClO5. The van der Waals surface area contributed by atoms with Crippen molar-refractivity contribution in [2.45, 2.75) is 19.1 Å². The van der Waals surface area contributed by atoms with Crippen LogP contribution in [0.2, 0.25) is 5.02 Å². The largest absolute Gasteiger partial charge is 0.489 e. The zero-order valence-corrected chi connectivity index (χ0v) is 14.6. The van der Waals surface area contributed by atoms with E-state index in [2.05, 4.69) is 0 Å². The lowest BCUT2D eigenvalue weighted by atomic mass is 10.1. The van der Waals surface area contributed by atoms with Crippen LogP contribution in [0.25, 0.3) is 0 Å². The standard InChI is InChI=1S/C19H19ClO5/c1-22-17(14-6-3-2-4-7-14)19(21)25-12-13-10-15(20)18-16(11-13)23-8-5-9-24-18/h2-4,6-7,10-11,17H,5,8-9,12H2,1H3. The summed E-state index contributed by atoms with van der Waals surface area (Å²) in [4.78, 5) is 12.3. The summed E-state index contributed by atoms with van der Waals surface area (Å²) in [5.41, 5.74) is 1.47. The van der Waals surface area contributed by atoms with Gasteiger partial charge in [0.2, 0.25) is 0 Å². The molecule has 0 saturated heterocycles. The SMILES string of the molecule is COC(C(=O)OCc1cc(Cl)c2c(c1)OCCCO2)c1ccccc1. The van der Waals surface area contributed by atoms with Crippen molar-refractivity contribution in [2.24, 2.45) is 0 Å².